The van der Waals surface area contributed by atoms with Crippen LogP contribution in [0, 0.1) is 6.92 Å². The first-order valence-corrected chi connectivity index (χ1v) is 10.2. The summed E-state index contributed by atoms with van der Waals surface area (Å²) in [6, 6.07) is 14.7. The molecule has 1 fully saturated rings. The molecule has 2 heterocycles. The van der Waals surface area contributed by atoms with E-state index in [9.17, 15) is 14.4 Å². The molecule has 0 spiro atoms. The zero-order valence-electron chi connectivity index (χ0n) is 17.6. The number of hydrogen-bond donors (Lipinski definition) is 2. The number of carbonyl (C=O) groups is 3. The molecular weight excluding hydrogens is 444 g/mol. The summed E-state index contributed by atoms with van der Waals surface area (Å²) in [4.78, 5) is 38.0. The number of amides is 2. The number of anilines is 1. The van der Waals surface area contributed by atoms with Crippen LogP contribution in [0.1, 0.15) is 21.7 Å². The molecule has 0 radical (unpaired) electrons. The lowest BCUT2D eigenvalue weighted by Gasteiger charge is -2.28. The highest BCUT2D eigenvalue weighted by Crippen LogP contribution is 2.29. The first-order chi connectivity index (χ1) is 15.8. The third-order valence-electron chi connectivity index (χ3n) is 5.08. The van der Waals surface area contributed by atoms with E-state index < -0.39 is 17.8 Å². The molecule has 2 N–H and O–H groups in total. The van der Waals surface area contributed by atoms with Crippen LogP contribution >= 0.6 is 12.2 Å². The van der Waals surface area contributed by atoms with Crippen molar-refractivity contribution in [1.82, 2.24) is 5.32 Å². The summed E-state index contributed by atoms with van der Waals surface area (Å²) in [6.45, 7) is 1.77. The number of methoxy groups -OCH3 is 1. The Morgan fingerprint density at radius 2 is 1.85 bits per heavy atom. The highest BCUT2D eigenvalue weighted by atomic mass is 32.1. The smallest absolute Gasteiger partial charge is 0.335 e. The summed E-state index contributed by atoms with van der Waals surface area (Å²) < 4.78 is 11.0. The number of nitrogens with zero attached hydrogens (tertiary/aromatic N) is 1. The molecule has 2 aromatic carbocycles. The Bertz CT molecular complexity index is 1320. The average Bonchev–Trinajstić information content (AvgIpc) is 3.25. The van der Waals surface area contributed by atoms with Crippen LogP contribution in [0.15, 0.2) is 64.6 Å². The number of aromatic carboxylic acids is 1. The van der Waals surface area contributed by atoms with E-state index in [1.54, 1.807) is 55.5 Å². The molecule has 1 saturated heterocycles. The minimum atomic E-state index is -1.02. The molecule has 2 amide bonds. The predicted octanol–water partition coefficient (Wildman–Crippen LogP) is 3.79. The van der Waals surface area contributed by atoms with Gasteiger partial charge in [-0.15, -0.1) is 0 Å². The van der Waals surface area contributed by atoms with Gasteiger partial charge in [0.05, 0.1) is 18.4 Å². The molecule has 1 aromatic heterocycles. The second-order valence-electron chi connectivity index (χ2n) is 7.19. The minimum absolute atomic E-state index is 0.0263. The van der Waals surface area contributed by atoms with E-state index in [1.165, 1.54) is 24.2 Å². The SMILES string of the molecule is COc1ccc(N2C(=O)/C(=C/c3ccc(-c4ccc(C(=O)O)cc4C)o3)C(=O)NC2=S)cc1. The predicted molar refractivity (Wildman–Crippen MR) is 125 cm³/mol. The number of ether oxygens (including phenoxy) is 1. The fourth-order valence-electron chi connectivity index (χ4n) is 3.41. The molecule has 0 atom stereocenters. The standard InChI is InChI=1S/C24H18N2O6S/c1-13-11-14(23(29)30)3-9-18(13)20-10-8-17(32-20)12-19-21(27)25-24(33)26(22(19)28)15-4-6-16(31-2)7-5-15/h3-12H,1-2H3,(H,29,30)(H,25,27,33)/b19-12+. The molecule has 0 bridgehead atoms. The monoisotopic (exact) mass is 462 g/mol. The minimum Gasteiger partial charge on any atom is -0.497 e. The van der Waals surface area contributed by atoms with Gasteiger partial charge in [-0.1, -0.05) is 6.07 Å². The summed E-state index contributed by atoms with van der Waals surface area (Å²) in [5.74, 6) is -0.863. The van der Waals surface area contributed by atoms with Crippen molar-refractivity contribution in [3.05, 3.63) is 77.1 Å². The Labute approximate surface area is 194 Å². The van der Waals surface area contributed by atoms with E-state index in [1.807, 2.05) is 0 Å². The lowest BCUT2D eigenvalue weighted by molar-refractivity contribution is -0.122. The lowest BCUT2D eigenvalue weighted by Crippen LogP contribution is -2.54. The normalized spacial score (nSPS) is 15.0. The molecule has 1 aliphatic heterocycles. The Hall–Kier alpha value is -4.24. The van der Waals surface area contributed by atoms with Gasteiger partial charge in [-0.3, -0.25) is 19.8 Å². The number of aryl methyl sites for hydroxylation is 1. The average molecular weight is 462 g/mol. The van der Waals surface area contributed by atoms with Crippen LogP contribution < -0.4 is 15.0 Å². The maximum Gasteiger partial charge on any atom is 0.335 e. The molecular formula is C24H18N2O6S. The van der Waals surface area contributed by atoms with E-state index in [0.29, 0.717) is 28.3 Å². The number of nitrogens with one attached hydrogen (secondary N) is 1. The quantitative estimate of drug-likeness (QED) is 0.337. The van der Waals surface area contributed by atoms with E-state index in [0.717, 1.165) is 0 Å². The molecule has 0 unspecified atom stereocenters. The first-order valence-electron chi connectivity index (χ1n) is 9.78. The number of carboxylic acid groups (broad SMARTS) is 1. The molecule has 8 nitrogen and oxygen atoms in total. The number of furan rings is 1. The van der Waals surface area contributed by atoms with Crippen molar-refractivity contribution in [3.8, 4) is 17.1 Å². The van der Waals surface area contributed by atoms with Gasteiger partial charge in [-0.2, -0.15) is 0 Å². The third kappa shape index (κ3) is 4.26. The van der Waals surface area contributed by atoms with Gasteiger partial charge in [-0.05, 0) is 79.3 Å². The number of thiocarbonyl (C=S) groups is 1. The Kier molecular flexibility index (Phi) is 5.80. The van der Waals surface area contributed by atoms with E-state index in [4.69, 9.17) is 26.5 Å². The molecule has 33 heavy (non-hydrogen) atoms. The topological polar surface area (TPSA) is 109 Å². The van der Waals surface area contributed by atoms with Crippen molar-refractivity contribution in [3.63, 3.8) is 0 Å². The van der Waals surface area contributed by atoms with Gasteiger partial charge in [-0.25, -0.2) is 4.79 Å². The van der Waals surface area contributed by atoms with Crippen LogP contribution in [0.4, 0.5) is 5.69 Å². The zero-order valence-corrected chi connectivity index (χ0v) is 18.4. The largest absolute Gasteiger partial charge is 0.497 e. The summed E-state index contributed by atoms with van der Waals surface area (Å²) in [7, 11) is 1.53. The fraction of sp³-hybridized carbons (Fsp3) is 0.0833. The van der Waals surface area contributed by atoms with Crippen molar-refractivity contribution >= 4 is 46.9 Å². The number of benzene rings is 2. The van der Waals surface area contributed by atoms with Crippen molar-refractivity contribution in [2.24, 2.45) is 0 Å². The second kappa shape index (κ2) is 8.71. The van der Waals surface area contributed by atoms with Gasteiger partial charge in [0.15, 0.2) is 5.11 Å². The molecule has 9 heteroatoms. The Balaban J connectivity index is 1.65. The van der Waals surface area contributed by atoms with E-state index >= 15 is 0 Å². The highest BCUT2D eigenvalue weighted by molar-refractivity contribution is 7.80. The third-order valence-corrected chi connectivity index (χ3v) is 5.37. The summed E-state index contributed by atoms with van der Waals surface area (Å²) >= 11 is 5.20. The fourth-order valence-corrected chi connectivity index (χ4v) is 3.69. The Morgan fingerprint density at radius 1 is 1.12 bits per heavy atom. The van der Waals surface area contributed by atoms with E-state index in [2.05, 4.69) is 5.32 Å². The van der Waals surface area contributed by atoms with Gasteiger partial charge in [0.1, 0.15) is 22.8 Å². The highest BCUT2D eigenvalue weighted by Gasteiger charge is 2.34. The Morgan fingerprint density at radius 3 is 2.48 bits per heavy atom. The number of carboxylic acids is 1. The molecule has 0 saturated carbocycles. The lowest BCUT2D eigenvalue weighted by atomic mass is 10.0. The number of carbonyl (C=O) groups excluding carboxylic acids is 2. The summed E-state index contributed by atoms with van der Waals surface area (Å²) in [5, 5.41) is 11.6. The summed E-state index contributed by atoms with van der Waals surface area (Å²) in [6.07, 6.45) is 1.35. The molecule has 0 aliphatic carbocycles. The van der Waals surface area contributed by atoms with E-state index in [-0.39, 0.29) is 22.0 Å². The van der Waals surface area contributed by atoms with Crippen LogP contribution in [0.5, 0.6) is 5.75 Å². The van der Waals surface area contributed by atoms with Gasteiger partial charge >= 0.3 is 5.97 Å². The first kappa shape index (κ1) is 22.0. The second-order valence-corrected chi connectivity index (χ2v) is 7.58. The number of hydrogen-bond acceptors (Lipinski definition) is 6. The van der Waals surface area contributed by atoms with Crippen LogP contribution in [0.25, 0.3) is 17.4 Å². The van der Waals surface area contributed by atoms with Crippen molar-refractivity contribution in [1.29, 1.82) is 0 Å². The maximum atomic E-state index is 13.1. The van der Waals surface area contributed by atoms with Crippen LogP contribution in [-0.4, -0.2) is 35.1 Å². The van der Waals surface area contributed by atoms with Gasteiger partial charge in [0.25, 0.3) is 11.8 Å². The molecule has 4 rings (SSSR count). The van der Waals surface area contributed by atoms with Crippen molar-refractivity contribution in [2.45, 2.75) is 6.92 Å². The van der Waals surface area contributed by atoms with Crippen molar-refractivity contribution < 1.29 is 28.6 Å². The maximum absolute atomic E-state index is 13.1. The van der Waals surface area contributed by atoms with Crippen LogP contribution in [0.2, 0.25) is 0 Å². The molecule has 3 aromatic rings. The number of rotatable bonds is 5. The van der Waals surface area contributed by atoms with Gasteiger partial charge in [0, 0.05) is 5.56 Å². The molecule has 166 valence electrons. The van der Waals surface area contributed by atoms with Gasteiger partial charge in [0.2, 0.25) is 0 Å². The van der Waals surface area contributed by atoms with Gasteiger partial charge < -0.3 is 14.3 Å². The molecule has 1 aliphatic rings. The van der Waals surface area contributed by atoms with Crippen LogP contribution in [-0.2, 0) is 9.59 Å². The van der Waals surface area contributed by atoms with Crippen molar-refractivity contribution in [2.75, 3.05) is 12.0 Å². The van der Waals surface area contributed by atoms with Crippen LogP contribution in [0.3, 0.4) is 0 Å². The summed E-state index contributed by atoms with van der Waals surface area (Å²) in [5.41, 5.74) is 1.92. The zero-order chi connectivity index (χ0) is 23.7.